The third kappa shape index (κ3) is 3.09. The van der Waals surface area contributed by atoms with E-state index in [-0.39, 0.29) is 23.5 Å². The lowest BCUT2D eigenvalue weighted by molar-refractivity contribution is 0.356. The molecule has 5 nitrogen and oxygen atoms in total. The van der Waals surface area contributed by atoms with Crippen molar-refractivity contribution in [2.24, 2.45) is 11.8 Å². The Kier molecular flexibility index (Phi) is 3.92. The fraction of sp³-hybridized carbons (Fsp3) is 0.600. The van der Waals surface area contributed by atoms with Gasteiger partial charge in [0.15, 0.2) is 9.84 Å². The summed E-state index contributed by atoms with van der Waals surface area (Å²) in [5.74, 6) is 6.91. The molecule has 1 aliphatic rings. The number of hydrazine groups is 1. The van der Waals surface area contributed by atoms with E-state index in [1.807, 2.05) is 0 Å². The van der Waals surface area contributed by atoms with E-state index in [0.29, 0.717) is 12.8 Å². The Balaban J connectivity index is 2.04. The molecule has 1 fully saturated rings. The number of sulfone groups is 1. The van der Waals surface area contributed by atoms with Crippen molar-refractivity contribution in [1.29, 1.82) is 0 Å². The number of halogens is 1. The second kappa shape index (κ2) is 5.09. The molecule has 0 radical (unpaired) electrons. The molecule has 2 atom stereocenters. The fourth-order valence-corrected chi connectivity index (χ4v) is 4.55. The summed E-state index contributed by atoms with van der Waals surface area (Å²) in [6.45, 7) is 0. The molecule has 1 aromatic heterocycles. The summed E-state index contributed by atoms with van der Waals surface area (Å²) in [4.78, 5) is 0. The molecule has 0 saturated carbocycles. The van der Waals surface area contributed by atoms with E-state index in [4.69, 9.17) is 10.3 Å². The lowest BCUT2D eigenvalue weighted by Crippen LogP contribution is -2.30. The first-order valence-corrected chi connectivity index (χ1v) is 8.02. The molecule has 1 aliphatic heterocycles. The van der Waals surface area contributed by atoms with Crippen LogP contribution >= 0.6 is 15.9 Å². The molecule has 3 N–H and O–H groups in total. The molecular formula is C10H15BrN2O3S. The molecule has 2 heterocycles. The van der Waals surface area contributed by atoms with Crippen molar-refractivity contribution >= 4 is 25.8 Å². The van der Waals surface area contributed by atoms with Crippen molar-refractivity contribution in [3.05, 3.63) is 22.6 Å². The predicted octanol–water partition coefficient (Wildman–Crippen LogP) is 1.37. The van der Waals surface area contributed by atoms with E-state index in [9.17, 15) is 8.42 Å². The van der Waals surface area contributed by atoms with E-state index >= 15 is 0 Å². The molecule has 0 aromatic carbocycles. The van der Waals surface area contributed by atoms with Crippen LogP contribution in [0.5, 0.6) is 0 Å². The summed E-state index contributed by atoms with van der Waals surface area (Å²) < 4.78 is 28.9. The molecule has 0 aliphatic carbocycles. The highest BCUT2D eigenvalue weighted by atomic mass is 79.9. The molecule has 17 heavy (non-hydrogen) atoms. The molecule has 0 bridgehead atoms. The minimum atomic E-state index is -2.84. The van der Waals surface area contributed by atoms with Gasteiger partial charge in [0.1, 0.15) is 5.76 Å². The second-order valence-corrected chi connectivity index (χ2v) is 7.44. The average Bonchev–Trinajstić information content (AvgIpc) is 2.81. The first kappa shape index (κ1) is 13.1. The van der Waals surface area contributed by atoms with Gasteiger partial charge in [0.25, 0.3) is 0 Å². The molecule has 7 heteroatoms. The number of furan rings is 1. The van der Waals surface area contributed by atoms with E-state index in [0.717, 1.165) is 10.2 Å². The molecule has 0 amide bonds. The quantitative estimate of drug-likeness (QED) is 0.646. The zero-order chi connectivity index (χ0) is 12.5. The van der Waals surface area contributed by atoms with E-state index in [1.54, 1.807) is 12.3 Å². The number of hydrogen-bond acceptors (Lipinski definition) is 5. The van der Waals surface area contributed by atoms with Crippen LogP contribution in [0.3, 0.4) is 0 Å². The van der Waals surface area contributed by atoms with Gasteiger partial charge < -0.3 is 4.42 Å². The summed E-state index contributed by atoms with van der Waals surface area (Å²) in [5.41, 5.74) is 2.68. The number of hydrogen-bond donors (Lipinski definition) is 2. The minimum Gasteiger partial charge on any atom is -0.466 e. The lowest BCUT2D eigenvalue weighted by Gasteiger charge is -2.17. The first-order valence-electron chi connectivity index (χ1n) is 5.41. The Morgan fingerprint density at radius 2 is 2.41 bits per heavy atom. The van der Waals surface area contributed by atoms with Gasteiger partial charge in [0, 0.05) is 0 Å². The van der Waals surface area contributed by atoms with Gasteiger partial charge in [-0.05, 0) is 40.8 Å². The Bertz CT molecular complexity index is 485. The van der Waals surface area contributed by atoms with Crippen molar-refractivity contribution in [2.75, 3.05) is 11.5 Å². The molecule has 96 valence electrons. The normalized spacial score (nSPS) is 24.9. The maximum atomic E-state index is 11.4. The zero-order valence-corrected chi connectivity index (χ0v) is 11.6. The second-order valence-electron chi connectivity index (χ2n) is 4.36. The van der Waals surface area contributed by atoms with Crippen molar-refractivity contribution in [2.45, 2.75) is 18.9 Å². The third-order valence-corrected chi connectivity index (χ3v) is 5.55. The van der Waals surface area contributed by atoms with Crippen LogP contribution in [-0.2, 0) is 9.84 Å². The van der Waals surface area contributed by atoms with Gasteiger partial charge in [-0.25, -0.2) is 13.8 Å². The summed E-state index contributed by atoms with van der Waals surface area (Å²) in [7, 11) is -2.84. The van der Waals surface area contributed by atoms with Gasteiger partial charge >= 0.3 is 0 Å². The van der Waals surface area contributed by atoms with Gasteiger partial charge in [0.05, 0.1) is 28.3 Å². The highest BCUT2D eigenvalue weighted by Crippen LogP contribution is 2.32. The summed E-state index contributed by atoms with van der Waals surface area (Å²) in [6.07, 6.45) is 2.95. The van der Waals surface area contributed by atoms with Crippen LogP contribution in [0.4, 0.5) is 0 Å². The highest BCUT2D eigenvalue weighted by molar-refractivity contribution is 9.10. The van der Waals surface area contributed by atoms with Gasteiger partial charge in [0.2, 0.25) is 0 Å². The lowest BCUT2D eigenvalue weighted by atomic mass is 9.98. The van der Waals surface area contributed by atoms with E-state index in [2.05, 4.69) is 21.4 Å². The largest absolute Gasteiger partial charge is 0.466 e. The molecule has 0 spiro atoms. The Morgan fingerprint density at radius 1 is 1.65 bits per heavy atom. The highest BCUT2D eigenvalue weighted by Gasteiger charge is 2.31. The topological polar surface area (TPSA) is 85.3 Å². The van der Waals surface area contributed by atoms with Gasteiger partial charge in [-0.3, -0.25) is 5.84 Å². The Hall–Kier alpha value is -0.370. The monoisotopic (exact) mass is 322 g/mol. The van der Waals surface area contributed by atoms with Crippen LogP contribution < -0.4 is 11.3 Å². The molecular weight excluding hydrogens is 308 g/mol. The van der Waals surface area contributed by atoms with Crippen molar-refractivity contribution in [1.82, 2.24) is 5.43 Å². The molecule has 2 rings (SSSR count). The van der Waals surface area contributed by atoms with Gasteiger partial charge in [-0.15, -0.1) is 0 Å². The van der Waals surface area contributed by atoms with Gasteiger partial charge in [-0.2, -0.15) is 0 Å². The summed E-state index contributed by atoms with van der Waals surface area (Å²) >= 11 is 3.37. The zero-order valence-electron chi connectivity index (χ0n) is 9.23. The minimum absolute atomic E-state index is 0.151. The summed E-state index contributed by atoms with van der Waals surface area (Å²) in [5, 5.41) is 0. The predicted molar refractivity (Wildman–Crippen MR) is 67.8 cm³/mol. The SMILES string of the molecule is NNC(CC1CCS(=O)(=O)C1)c1occc1Br. The van der Waals surface area contributed by atoms with Crippen molar-refractivity contribution in [3.8, 4) is 0 Å². The number of nitrogens with two attached hydrogens (primary N) is 1. The number of nitrogens with one attached hydrogen (secondary N) is 1. The van der Waals surface area contributed by atoms with Crippen LogP contribution in [-0.4, -0.2) is 19.9 Å². The maximum Gasteiger partial charge on any atom is 0.150 e. The Labute approximate surface area is 109 Å². The van der Waals surface area contributed by atoms with E-state index in [1.165, 1.54) is 0 Å². The first-order chi connectivity index (χ1) is 8.02. The van der Waals surface area contributed by atoms with E-state index < -0.39 is 9.84 Å². The van der Waals surface area contributed by atoms with Crippen LogP contribution in [0.25, 0.3) is 0 Å². The van der Waals surface area contributed by atoms with Crippen LogP contribution in [0.1, 0.15) is 24.6 Å². The fourth-order valence-electron chi connectivity index (χ4n) is 2.20. The molecule has 1 aromatic rings. The number of rotatable bonds is 4. The maximum absolute atomic E-state index is 11.4. The van der Waals surface area contributed by atoms with Gasteiger partial charge in [-0.1, -0.05) is 0 Å². The standard InChI is InChI=1S/C10H15BrN2O3S/c11-8-1-3-16-10(8)9(13-12)5-7-2-4-17(14,15)6-7/h1,3,7,9,13H,2,4-6,12H2. The van der Waals surface area contributed by atoms with Crippen molar-refractivity contribution in [3.63, 3.8) is 0 Å². The average molecular weight is 323 g/mol. The molecule has 2 unspecified atom stereocenters. The van der Waals surface area contributed by atoms with Crippen LogP contribution in [0.2, 0.25) is 0 Å². The smallest absolute Gasteiger partial charge is 0.150 e. The summed E-state index contributed by atoms with van der Waals surface area (Å²) in [6, 6.07) is 1.64. The van der Waals surface area contributed by atoms with Crippen molar-refractivity contribution < 1.29 is 12.8 Å². The molecule has 1 saturated heterocycles. The van der Waals surface area contributed by atoms with Crippen LogP contribution in [0.15, 0.2) is 21.2 Å². The van der Waals surface area contributed by atoms with Crippen LogP contribution in [0, 0.1) is 5.92 Å². The Morgan fingerprint density at radius 3 is 2.88 bits per heavy atom. The third-order valence-electron chi connectivity index (χ3n) is 3.06.